The average Bonchev–Trinajstić information content (AvgIpc) is 2.53. The molecule has 2 nitrogen and oxygen atoms in total. The molecule has 0 atom stereocenters. The summed E-state index contributed by atoms with van der Waals surface area (Å²) in [7, 11) is 0. The first-order valence-corrected chi connectivity index (χ1v) is 4.09. The van der Waals surface area contributed by atoms with Crippen LogP contribution in [-0.2, 0) is 0 Å². The molecule has 0 aliphatic carbocycles. The minimum atomic E-state index is -0.262. The minimum Gasteiger partial charge on any atom is -0.239 e. The van der Waals surface area contributed by atoms with E-state index in [0.717, 1.165) is 5.69 Å². The van der Waals surface area contributed by atoms with Crippen LogP contribution in [0.4, 0.5) is 4.39 Å². The van der Waals surface area contributed by atoms with E-state index < -0.39 is 0 Å². The van der Waals surface area contributed by atoms with Crippen LogP contribution in [0.5, 0.6) is 0 Å². The molecule has 2 aromatic rings. The topological polar surface area (TPSA) is 17.8 Å². The zero-order valence-electron chi connectivity index (χ0n) is 6.61. The second-order valence-electron chi connectivity index (χ2n) is 2.58. The summed E-state index contributed by atoms with van der Waals surface area (Å²) in [6, 6.07) is 6.03. The highest BCUT2D eigenvalue weighted by atomic mass is 35.5. The van der Waals surface area contributed by atoms with Crippen LogP contribution < -0.4 is 0 Å². The van der Waals surface area contributed by atoms with Crippen LogP contribution in [0.15, 0.2) is 36.7 Å². The van der Waals surface area contributed by atoms with Crippen molar-refractivity contribution in [3.63, 3.8) is 0 Å². The van der Waals surface area contributed by atoms with Crippen LogP contribution in [0.3, 0.4) is 0 Å². The molecule has 66 valence electrons. The Morgan fingerprint density at radius 1 is 1.23 bits per heavy atom. The van der Waals surface area contributed by atoms with E-state index in [1.165, 1.54) is 18.3 Å². The number of nitrogens with zero attached hydrogens (tertiary/aromatic N) is 2. The molecule has 0 unspecified atom stereocenters. The molecule has 0 spiro atoms. The van der Waals surface area contributed by atoms with Gasteiger partial charge in [0.1, 0.15) is 5.82 Å². The smallest absolute Gasteiger partial charge is 0.123 e. The second kappa shape index (κ2) is 3.18. The Labute approximate surface area is 79.6 Å². The molecule has 13 heavy (non-hydrogen) atoms. The molecule has 4 heteroatoms. The Bertz CT molecular complexity index is 408. The van der Waals surface area contributed by atoms with Crippen molar-refractivity contribution in [1.29, 1.82) is 0 Å². The molecular weight excluding hydrogens is 191 g/mol. The van der Waals surface area contributed by atoms with Crippen molar-refractivity contribution in [1.82, 2.24) is 9.78 Å². The van der Waals surface area contributed by atoms with Crippen molar-refractivity contribution >= 4 is 11.6 Å². The van der Waals surface area contributed by atoms with Crippen LogP contribution in [0.25, 0.3) is 5.69 Å². The van der Waals surface area contributed by atoms with Crippen molar-refractivity contribution in [3.8, 4) is 5.69 Å². The van der Waals surface area contributed by atoms with Gasteiger partial charge in [0.05, 0.1) is 16.9 Å². The van der Waals surface area contributed by atoms with E-state index in [9.17, 15) is 4.39 Å². The molecule has 0 aliphatic heterocycles. The molecule has 0 N–H and O–H groups in total. The van der Waals surface area contributed by atoms with Crippen molar-refractivity contribution in [2.45, 2.75) is 0 Å². The molecule has 0 bridgehead atoms. The number of aromatic nitrogens is 2. The molecule has 0 fully saturated rings. The van der Waals surface area contributed by atoms with Gasteiger partial charge in [-0.05, 0) is 24.3 Å². The average molecular weight is 197 g/mol. The molecule has 0 aliphatic rings. The summed E-state index contributed by atoms with van der Waals surface area (Å²) >= 11 is 5.68. The van der Waals surface area contributed by atoms with Gasteiger partial charge >= 0.3 is 0 Å². The maximum Gasteiger partial charge on any atom is 0.123 e. The quantitative estimate of drug-likeness (QED) is 0.686. The normalized spacial score (nSPS) is 10.3. The number of benzene rings is 1. The van der Waals surface area contributed by atoms with E-state index in [1.54, 1.807) is 23.0 Å². The molecule has 1 aromatic heterocycles. The lowest BCUT2D eigenvalue weighted by Gasteiger charge is -1.98. The Balaban J connectivity index is 2.41. The van der Waals surface area contributed by atoms with Crippen LogP contribution in [0.2, 0.25) is 5.02 Å². The predicted octanol–water partition coefficient (Wildman–Crippen LogP) is 2.66. The molecule has 1 aromatic carbocycles. The Morgan fingerprint density at radius 2 is 1.92 bits per heavy atom. The van der Waals surface area contributed by atoms with Crippen LogP contribution in [0.1, 0.15) is 0 Å². The SMILES string of the molecule is Fc1ccc(-n2cc(Cl)cn2)cc1. The Kier molecular flexibility index (Phi) is 2.02. The van der Waals surface area contributed by atoms with Gasteiger partial charge in [0.2, 0.25) is 0 Å². The lowest BCUT2D eigenvalue weighted by Crippen LogP contribution is -1.93. The third-order valence-corrected chi connectivity index (χ3v) is 1.84. The van der Waals surface area contributed by atoms with E-state index in [1.807, 2.05) is 0 Å². The molecule has 0 saturated heterocycles. The summed E-state index contributed by atoms with van der Waals surface area (Å²) in [6.07, 6.45) is 3.19. The zero-order valence-corrected chi connectivity index (χ0v) is 7.37. The van der Waals surface area contributed by atoms with Gasteiger partial charge in [-0.1, -0.05) is 11.6 Å². The fraction of sp³-hybridized carbons (Fsp3) is 0. The number of hydrogen-bond acceptors (Lipinski definition) is 1. The number of hydrogen-bond donors (Lipinski definition) is 0. The highest BCUT2D eigenvalue weighted by Crippen LogP contribution is 2.11. The first-order valence-electron chi connectivity index (χ1n) is 3.72. The standard InChI is InChI=1S/C9H6ClFN2/c10-7-5-12-13(6-7)9-3-1-8(11)2-4-9/h1-6H. The summed E-state index contributed by atoms with van der Waals surface area (Å²) in [5, 5.41) is 4.54. The summed E-state index contributed by atoms with van der Waals surface area (Å²) < 4.78 is 14.1. The van der Waals surface area contributed by atoms with Crippen molar-refractivity contribution in [2.75, 3.05) is 0 Å². The third kappa shape index (κ3) is 1.70. The molecule has 0 saturated carbocycles. The first-order chi connectivity index (χ1) is 6.25. The fourth-order valence-electron chi connectivity index (χ4n) is 1.04. The van der Waals surface area contributed by atoms with E-state index in [4.69, 9.17) is 11.6 Å². The van der Waals surface area contributed by atoms with E-state index in [2.05, 4.69) is 5.10 Å². The number of rotatable bonds is 1. The van der Waals surface area contributed by atoms with Crippen LogP contribution in [-0.4, -0.2) is 9.78 Å². The van der Waals surface area contributed by atoms with Crippen molar-refractivity contribution in [2.24, 2.45) is 0 Å². The fourth-order valence-corrected chi connectivity index (χ4v) is 1.17. The summed E-state index contributed by atoms with van der Waals surface area (Å²) in [6.45, 7) is 0. The van der Waals surface area contributed by atoms with E-state index in [-0.39, 0.29) is 5.82 Å². The van der Waals surface area contributed by atoms with Crippen LogP contribution >= 0.6 is 11.6 Å². The molecule has 1 heterocycles. The van der Waals surface area contributed by atoms with Gasteiger partial charge in [-0.2, -0.15) is 5.10 Å². The molecular formula is C9H6ClFN2. The van der Waals surface area contributed by atoms with E-state index >= 15 is 0 Å². The van der Waals surface area contributed by atoms with Gasteiger partial charge in [-0.3, -0.25) is 0 Å². The van der Waals surface area contributed by atoms with Gasteiger partial charge in [-0.25, -0.2) is 9.07 Å². The largest absolute Gasteiger partial charge is 0.239 e. The highest BCUT2D eigenvalue weighted by molar-refractivity contribution is 6.30. The van der Waals surface area contributed by atoms with Gasteiger partial charge in [0.25, 0.3) is 0 Å². The van der Waals surface area contributed by atoms with E-state index in [0.29, 0.717) is 5.02 Å². The van der Waals surface area contributed by atoms with Gasteiger partial charge in [0, 0.05) is 6.20 Å². The maximum absolute atomic E-state index is 12.6. The van der Waals surface area contributed by atoms with Crippen molar-refractivity contribution in [3.05, 3.63) is 47.5 Å². The monoisotopic (exact) mass is 196 g/mol. The molecule has 0 amide bonds. The van der Waals surface area contributed by atoms with Crippen molar-refractivity contribution < 1.29 is 4.39 Å². The maximum atomic E-state index is 12.6. The van der Waals surface area contributed by atoms with Gasteiger partial charge < -0.3 is 0 Å². The lowest BCUT2D eigenvalue weighted by molar-refractivity contribution is 0.627. The summed E-state index contributed by atoms with van der Waals surface area (Å²) in [5.41, 5.74) is 0.785. The minimum absolute atomic E-state index is 0.262. The first kappa shape index (κ1) is 8.26. The third-order valence-electron chi connectivity index (χ3n) is 1.64. The number of halogens is 2. The Hall–Kier alpha value is -1.35. The lowest BCUT2D eigenvalue weighted by atomic mass is 10.3. The Morgan fingerprint density at radius 3 is 2.46 bits per heavy atom. The van der Waals surface area contributed by atoms with Gasteiger partial charge in [-0.15, -0.1) is 0 Å². The molecule has 0 radical (unpaired) electrons. The zero-order chi connectivity index (χ0) is 9.26. The predicted molar refractivity (Wildman–Crippen MR) is 48.5 cm³/mol. The summed E-state index contributed by atoms with van der Waals surface area (Å²) in [5.74, 6) is -0.262. The summed E-state index contributed by atoms with van der Waals surface area (Å²) in [4.78, 5) is 0. The van der Waals surface area contributed by atoms with Gasteiger partial charge in [0.15, 0.2) is 0 Å². The van der Waals surface area contributed by atoms with Crippen LogP contribution in [0, 0.1) is 5.82 Å². The molecule has 2 rings (SSSR count). The second-order valence-corrected chi connectivity index (χ2v) is 3.02. The highest BCUT2D eigenvalue weighted by Gasteiger charge is 1.98.